The van der Waals surface area contributed by atoms with Crippen molar-refractivity contribution >= 4 is 16.6 Å². The van der Waals surface area contributed by atoms with Gasteiger partial charge in [-0.05, 0) is 65.7 Å². The Morgan fingerprint density at radius 3 is 2.56 bits per heavy atom. The van der Waals surface area contributed by atoms with Gasteiger partial charge < -0.3 is 14.6 Å². The summed E-state index contributed by atoms with van der Waals surface area (Å²) in [5, 5.41) is 13.3. The highest BCUT2D eigenvalue weighted by Gasteiger charge is 2.34. The largest absolute Gasteiger partial charge is 0.416 e. The number of piperazine rings is 1. The molecule has 5 rings (SSSR count). The number of rotatable bonds is 7. The predicted molar refractivity (Wildman–Crippen MR) is 141 cm³/mol. The fourth-order valence-electron chi connectivity index (χ4n) is 5.25. The van der Waals surface area contributed by atoms with Crippen LogP contribution in [-0.2, 0) is 17.5 Å². The highest BCUT2D eigenvalue weighted by Crippen LogP contribution is 2.33. The first-order valence-corrected chi connectivity index (χ1v) is 12.7. The van der Waals surface area contributed by atoms with Gasteiger partial charge in [0.25, 0.3) is 5.56 Å². The second kappa shape index (κ2) is 10.8. The van der Waals surface area contributed by atoms with E-state index in [2.05, 4.69) is 31.5 Å². The minimum atomic E-state index is -4.41. The maximum Gasteiger partial charge on any atom is 0.416 e. The molecule has 12 heteroatoms. The normalized spacial score (nSPS) is 15.7. The Morgan fingerprint density at radius 1 is 1.08 bits per heavy atom. The van der Waals surface area contributed by atoms with Gasteiger partial charge in [-0.1, -0.05) is 12.1 Å². The van der Waals surface area contributed by atoms with Gasteiger partial charge in [0.15, 0.2) is 5.82 Å². The summed E-state index contributed by atoms with van der Waals surface area (Å²) >= 11 is 0. The summed E-state index contributed by atoms with van der Waals surface area (Å²) in [6.45, 7) is 6.70. The quantitative estimate of drug-likeness (QED) is 0.381. The lowest BCUT2D eigenvalue weighted by Crippen LogP contribution is -2.49. The van der Waals surface area contributed by atoms with Crippen LogP contribution in [0.25, 0.3) is 10.9 Å². The number of H-pyrrole nitrogens is 1. The molecule has 3 heterocycles. The van der Waals surface area contributed by atoms with Gasteiger partial charge in [0.1, 0.15) is 6.04 Å². The maximum atomic E-state index is 13.5. The minimum Gasteiger partial charge on any atom is -0.383 e. The molecule has 2 aromatic heterocycles. The Balaban J connectivity index is 1.51. The summed E-state index contributed by atoms with van der Waals surface area (Å²) in [7, 11) is 1.59. The van der Waals surface area contributed by atoms with Gasteiger partial charge in [-0.15, -0.1) is 5.10 Å². The number of ether oxygens (including phenoxy) is 1. The van der Waals surface area contributed by atoms with Crippen molar-refractivity contribution in [3.63, 3.8) is 0 Å². The number of methoxy groups -OCH3 is 1. The molecule has 1 N–H and O–H groups in total. The number of hydrogen-bond acceptors (Lipinski definition) is 7. The standard InChI is InChI=1S/C27H30F3N7O2/c1-17-13-18(2)21-16-22(26(38)31-23(21)14-17)24(25-32-33-34-37(25)11-12-39-3)36-9-7-35(8-10-36)20-6-4-5-19(15-20)27(28,29)30/h4-6,13-16,24H,7-12H2,1-3H3,(H,31,38)/t24-/m0/s1. The average molecular weight is 542 g/mol. The molecule has 206 valence electrons. The molecule has 0 spiro atoms. The van der Waals surface area contributed by atoms with Crippen molar-refractivity contribution in [1.82, 2.24) is 30.1 Å². The summed E-state index contributed by atoms with van der Waals surface area (Å²) in [6, 6.07) is 10.7. The summed E-state index contributed by atoms with van der Waals surface area (Å²) in [5.41, 5.74) is 2.96. The number of fused-ring (bicyclic) bond motifs is 1. The average Bonchev–Trinajstić information content (AvgIpc) is 3.36. The number of aromatic nitrogens is 5. The molecule has 0 radical (unpaired) electrons. The Labute approximate surface area is 223 Å². The van der Waals surface area contributed by atoms with Gasteiger partial charge in [-0.25, -0.2) is 4.68 Å². The van der Waals surface area contributed by atoms with Gasteiger partial charge in [0.05, 0.1) is 18.7 Å². The smallest absolute Gasteiger partial charge is 0.383 e. The number of alkyl halides is 3. The zero-order chi connectivity index (χ0) is 27.7. The van der Waals surface area contributed by atoms with Crippen LogP contribution in [0.5, 0.6) is 0 Å². The van der Waals surface area contributed by atoms with Crippen LogP contribution >= 0.6 is 0 Å². The van der Waals surface area contributed by atoms with E-state index in [-0.39, 0.29) is 5.56 Å². The Morgan fingerprint density at radius 2 is 1.85 bits per heavy atom. The molecule has 0 aliphatic carbocycles. The van der Waals surface area contributed by atoms with Crippen molar-refractivity contribution in [1.29, 1.82) is 0 Å². The molecule has 9 nitrogen and oxygen atoms in total. The van der Waals surface area contributed by atoms with E-state index >= 15 is 0 Å². The van der Waals surface area contributed by atoms with Crippen LogP contribution in [0.3, 0.4) is 0 Å². The second-order valence-corrected chi connectivity index (χ2v) is 9.82. The zero-order valence-corrected chi connectivity index (χ0v) is 22.0. The van der Waals surface area contributed by atoms with Crippen molar-refractivity contribution in [3.05, 3.63) is 80.9 Å². The lowest BCUT2D eigenvalue weighted by Gasteiger charge is -2.39. The zero-order valence-electron chi connectivity index (χ0n) is 22.0. The number of aryl methyl sites for hydroxylation is 2. The number of nitrogens with zero attached hydrogens (tertiary/aromatic N) is 6. The van der Waals surface area contributed by atoms with Crippen molar-refractivity contribution in [2.75, 3.05) is 44.8 Å². The lowest BCUT2D eigenvalue weighted by atomic mass is 9.99. The Bertz CT molecular complexity index is 1520. The third kappa shape index (κ3) is 5.52. The van der Waals surface area contributed by atoms with Gasteiger partial charge in [-0.3, -0.25) is 9.69 Å². The molecule has 2 aromatic carbocycles. The van der Waals surface area contributed by atoms with Gasteiger partial charge in [0.2, 0.25) is 0 Å². The number of anilines is 1. The minimum absolute atomic E-state index is 0.237. The van der Waals surface area contributed by atoms with Crippen molar-refractivity contribution in [2.24, 2.45) is 0 Å². The molecule has 0 amide bonds. The predicted octanol–water partition coefficient (Wildman–Crippen LogP) is 3.71. The number of hydrogen-bond donors (Lipinski definition) is 1. The van der Waals surface area contributed by atoms with Crippen molar-refractivity contribution < 1.29 is 17.9 Å². The molecule has 1 atom stereocenters. The topological polar surface area (TPSA) is 92.2 Å². The fraction of sp³-hybridized carbons (Fsp3) is 0.407. The van der Waals surface area contributed by atoms with E-state index in [9.17, 15) is 18.0 Å². The Kier molecular flexibility index (Phi) is 7.41. The molecular formula is C27H30F3N7O2. The molecule has 4 aromatic rings. The first-order valence-electron chi connectivity index (χ1n) is 12.7. The monoisotopic (exact) mass is 541 g/mol. The van der Waals surface area contributed by atoms with Crippen LogP contribution in [0.15, 0.2) is 47.3 Å². The third-order valence-corrected chi connectivity index (χ3v) is 7.17. The van der Waals surface area contributed by atoms with Crippen LogP contribution in [0.2, 0.25) is 0 Å². The maximum absolute atomic E-state index is 13.5. The molecule has 0 unspecified atom stereocenters. The lowest BCUT2D eigenvalue weighted by molar-refractivity contribution is -0.137. The molecule has 1 saturated heterocycles. The van der Waals surface area contributed by atoms with E-state index in [4.69, 9.17) is 4.74 Å². The SMILES string of the molecule is COCCn1nnnc1[C@H](c1cc2c(C)cc(C)cc2[nH]c1=O)N1CCN(c2cccc(C(F)(F)F)c2)CC1. The second-order valence-electron chi connectivity index (χ2n) is 9.82. The molecule has 0 bridgehead atoms. The molecular weight excluding hydrogens is 511 g/mol. The van der Waals surface area contributed by atoms with Gasteiger partial charge in [0, 0.05) is 55.4 Å². The first kappa shape index (κ1) is 26.8. The van der Waals surface area contributed by atoms with Gasteiger partial charge in [-0.2, -0.15) is 13.2 Å². The van der Waals surface area contributed by atoms with E-state index in [0.29, 0.717) is 56.4 Å². The highest BCUT2D eigenvalue weighted by atomic mass is 19.4. The van der Waals surface area contributed by atoms with E-state index < -0.39 is 17.8 Å². The Hall–Kier alpha value is -3.77. The fourth-order valence-corrected chi connectivity index (χ4v) is 5.25. The molecule has 1 aliphatic heterocycles. The van der Waals surface area contributed by atoms with Crippen LogP contribution in [0.1, 0.15) is 34.1 Å². The molecule has 1 aliphatic rings. The first-order chi connectivity index (χ1) is 18.7. The number of benzene rings is 2. The van der Waals surface area contributed by atoms with Crippen molar-refractivity contribution in [2.45, 2.75) is 32.6 Å². The number of pyridine rings is 1. The summed E-state index contributed by atoms with van der Waals surface area (Å²) in [4.78, 5) is 20.5. The van der Waals surface area contributed by atoms with Crippen LogP contribution in [-0.4, -0.2) is 70.0 Å². The number of nitrogens with one attached hydrogen (secondary N) is 1. The van der Waals surface area contributed by atoms with E-state index in [1.165, 1.54) is 12.1 Å². The summed E-state index contributed by atoms with van der Waals surface area (Å²) in [5.74, 6) is 0.509. The molecule has 1 fully saturated rings. The molecule has 39 heavy (non-hydrogen) atoms. The van der Waals surface area contributed by atoms with Crippen LogP contribution < -0.4 is 10.5 Å². The van der Waals surface area contributed by atoms with Crippen molar-refractivity contribution in [3.8, 4) is 0 Å². The highest BCUT2D eigenvalue weighted by molar-refractivity contribution is 5.83. The number of halogens is 3. The molecule has 0 saturated carbocycles. The van der Waals surface area contributed by atoms with E-state index in [1.54, 1.807) is 17.9 Å². The summed E-state index contributed by atoms with van der Waals surface area (Å²) < 4.78 is 46.7. The van der Waals surface area contributed by atoms with E-state index in [1.807, 2.05) is 30.9 Å². The third-order valence-electron chi connectivity index (χ3n) is 7.17. The van der Waals surface area contributed by atoms with Gasteiger partial charge >= 0.3 is 6.18 Å². The van der Waals surface area contributed by atoms with Crippen LogP contribution in [0, 0.1) is 13.8 Å². The van der Waals surface area contributed by atoms with E-state index in [0.717, 1.165) is 28.1 Å². The number of aromatic amines is 1. The summed E-state index contributed by atoms with van der Waals surface area (Å²) in [6.07, 6.45) is -4.41. The number of tetrazole rings is 1. The van der Waals surface area contributed by atoms with Crippen LogP contribution in [0.4, 0.5) is 18.9 Å².